The summed E-state index contributed by atoms with van der Waals surface area (Å²) in [6, 6.07) is 6.89. The molecule has 0 aliphatic heterocycles. The van der Waals surface area contributed by atoms with Gasteiger partial charge in [0.2, 0.25) is 5.95 Å². The summed E-state index contributed by atoms with van der Waals surface area (Å²) < 4.78 is 0. The van der Waals surface area contributed by atoms with Crippen LogP contribution >= 0.6 is 0 Å². The van der Waals surface area contributed by atoms with Crippen molar-refractivity contribution in [1.29, 1.82) is 0 Å². The van der Waals surface area contributed by atoms with E-state index in [0.29, 0.717) is 5.95 Å². The van der Waals surface area contributed by atoms with Crippen LogP contribution in [0.1, 0.15) is 13.8 Å². The van der Waals surface area contributed by atoms with E-state index in [4.69, 9.17) is 5.11 Å². The number of anilines is 1. The van der Waals surface area contributed by atoms with Gasteiger partial charge >= 0.3 is 5.97 Å². The summed E-state index contributed by atoms with van der Waals surface area (Å²) in [5.41, 5.74) is 0.794. The highest BCUT2D eigenvalue weighted by Gasteiger charge is 2.21. The second kappa shape index (κ2) is 5.00. The Bertz CT molecular complexity index is 569. The first-order valence-corrected chi connectivity index (χ1v) is 5.79. The van der Waals surface area contributed by atoms with Gasteiger partial charge in [-0.1, -0.05) is 32.0 Å². The fourth-order valence-corrected chi connectivity index (χ4v) is 1.69. The van der Waals surface area contributed by atoms with Gasteiger partial charge in [-0.3, -0.25) is 0 Å². The highest BCUT2D eigenvalue weighted by Crippen LogP contribution is 2.14. The van der Waals surface area contributed by atoms with E-state index in [1.165, 1.54) is 0 Å². The van der Waals surface area contributed by atoms with Crippen LogP contribution in [0, 0.1) is 5.92 Å². The van der Waals surface area contributed by atoms with Crippen molar-refractivity contribution in [3.05, 3.63) is 30.5 Å². The normalized spacial score (nSPS) is 12.6. The van der Waals surface area contributed by atoms with Crippen LogP contribution in [0.5, 0.6) is 0 Å². The monoisotopic (exact) mass is 245 g/mol. The third-order valence-electron chi connectivity index (χ3n) is 2.71. The third kappa shape index (κ3) is 2.56. The minimum atomic E-state index is -0.901. The zero-order valence-corrected chi connectivity index (χ0v) is 10.3. The van der Waals surface area contributed by atoms with Gasteiger partial charge in [0.25, 0.3) is 0 Å². The number of nitrogens with zero attached hydrogens (tertiary/aromatic N) is 2. The Morgan fingerprint density at radius 1 is 1.33 bits per heavy atom. The molecule has 0 bridgehead atoms. The maximum Gasteiger partial charge on any atom is 0.326 e. The summed E-state index contributed by atoms with van der Waals surface area (Å²) >= 11 is 0. The SMILES string of the molecule is CC(C)C(Nc1ncc2ccccc2n1)C(=O)O. The Morgan fingerprint density at radius 2 is 2.06 bits per heavy atom. The average molecular weight is 245 g/mol. The molecule has 5 heteroatoms. The lowest BCUT2D eigenvalue weighted by Crippen LogP contribution is -2.34. The molecule has 2 rings (SSSR count). The third-order valence-corrected chi connectivity index (χ3v) is 2.71. The molecule has 0 aliphatic carbocycles. The number of carboxylic acids is 1. The zero-order chi connectivity index (χ0) is 13.1. The fourth-order valence-electron chi connectivity index (χ4n) is 1.69. The molecule has 1 heterocycles. The number of fused-ring (bicyclic) bond motifs is 1. The Labute approximate surface area is 105 Å². The number of rotatable bonds is 4. The lowest BCUT2D eigenvalue weighted by molar-refractivity contribution is -0.138. The second-order valence-corrected chi connectivity index (χ2v) is 4.46. The number of aliphatic carboxylic acids is 1. The molecule has 1 unspecified atom stereocenters. The van der Waals surface area contributed by atoms with Crippen LogP contribution in [0.25, 0.3) is 10.9 Å². The molecular formula is C13H15N3O2. The van der Waals surface area contributed by atoms with Crippen molar-refractivity contribution < 1.29 is 9.90 Å². The van der Waals surface area contributed by atoms with Crippen molar-refractivity contribution in [2.45, 2.75) is 19.9 Å². The number of hydrogen-bond donors (Lipinski definition) is 2. The largest absolute Gasteiger partial charge is 0.480 e. The number of hydrogen-bond acceptors (Lipinski definition) is 4. The van der Waals surface area contributed by atoms with Gasteiger partial charge in [-0.25, -0.2) is 14.8 Å². The molecule has 2 aromatic rings. The van der Waals surface area contributed by atoms with Crippen LogP contribution in [-0.4, -0.2) is 27.1 Å². The van der Waals surface area contributed by atoms with Gasteiger partial charge in [0.15, 0.2) is 0 Å². The Balaban J connectivity index is 2.28. The minimum Gasteiger partial charge on any atom is -0.480 e. The first-order chi connectivity index (χ1) is 8.58. The maximum atomic E-state index is 11.1. The van der Waals surface area contributed by atoms with E-state index in [9.17, 15) is 4.79 Å². The number of aromatic nitrogens is 2. The van der Waals surface area contributed by atoms with Crippen LogP contribution < -0.4 is 5.32 Å². The first kappa shape index (κ1) is 12.3. The first-order valence-electron chi connectivity index (χ1n) is 5.79. The predicted molar refractivity (Wildman–Crippen MR) is 69.4 cm³/mol. The van der Waals surface area contributed by atoms with Crippen LogP contribution in [0.3, 0.4) is 0 Å². The van der Waals surface area contributed by atoms with Crippen molar-refractivity contribution in [2.24, 2.45) is 5.92 Å². The summed E-state index contributed by atoms with van der Waals surface area (Å²) in [4.78, 5) is 19.5. The van der Waals surface area contributed by atoms with Crippen LogP contribution in [-0.2, 0) is 4.79 Å². The summed E-state index contributed by atoms with van der Waals surface area (Å²) in [6.45, 7) is 3.68. The molecule has 18 heavy (non-hydrogen) atoms. The van der Waals surface area contributed by atoms with Gasteiger partial charge in [-0.15, -0.1) is 0 Å². The standard InChI is InChI=1S/C13H15N3O2/c1-8(2)11(12(17)18)16-13-14-7-9-5-3-4-6-10(9)15-13/h3-8,11H,1-2H3,(H,17,18)(H,14,15,16). The zero-order valence-electron chi connectivity index (χ0n) is 10.3. The molecule has 1 atom stereocenters. The van der Waals surface area contributed by atoms with Crippen molar-refractivity contribution in [3.63, 3.8) is 0 Å². The average Bonchev–Trinajstić information content (AvgIpc) is 2.35. The quantitative estimate of drug-likeness (QED) is 0.863. The molecule has 0 spiro atoms. The number of para-hydroxylation sites is 1. The van der Waals surface area contributed by atoms with E-state index in [1.807, 2.05) is 38.1 Å². The second-order valence-electron chi connectivity index (χ2n) is 4.46. The van der Waals surface area contributed by atoms with Gasteiger partial charge < -0.3 is 10.4 Å². The summed E-state index contributed by atoms with van der Waals surface area (Å²) in [6.07, 6.45) is 1.68. The molecule has 5 nitrogen and oxygen atoms in total. The number of carbonyl (C=O) groups is 1. The molecule has 0 aliphatic rings. The molecule has 0 saturated carbocycles. The van der Waals surface area contributed by atoms with Crippen LogP contribution in [0.15, 0.2) is 30.5 Å². The topological polar surface area (TPSA) is 75.1 Å². The molecule has 94 valence electrons. The van der Waals surface area contributed by atoms with Crippen molar-refractivity contribution >= 4 is 22.8 Å². The van der Waals surface area contributed by atoms with E-state index in [1.54, 1.807) is 6.20 Å². The summed E-state index contributed by atoms with van der Waals surface area (Å²) in [5.74, 6) is -0.603. The lowest BCUT2D eigenvalue weighted by atomic mass is 10.1. The highest BCUT2D eigenvalue weighted by atomic mass is 16.4. The van der Waals surface area contributed by atoms with E-state index in [-0.39, 0.29) is 5.92 Å². The Kier molecular flexibility index (Phi) is 3.41. The van der Waals surface area contributed by atoms with E-state index >= 15 is 0 Å². The van der Waals surface area contributed by atoms with Gasteiger partial charge in [0.1, 0.15) is 6.04 Å². The minimum absolute atomic E-state index is 0.0439. The molecule has 2 N–H and O–H groups in total. The Hall–Kier alpha value is -2.17. The van der Waals surface area contributed by atoms with Gasteiger partial charge in [-0.05, 0) is 12.0 Å². The van der Waals surface area contributed by atoms with Crippen LogP contribution in [0.4, 0.5) is 5.95 Å². The molecular weight excluding hydrogens is 230 g/mol. The van der Waals surface area contributed by atoms with Crippen molar-refractivity contribution in [2.75, 3.05) is 5.32 Å². The number of benzene rings is 1. The lowest BCUT2D eigenvalue weighted by Gasteiger charge is -2.17. The van der Waals surface area contributed by atoms with Gasteiger partial charge in [0.05, 0.1) is 5.52 Å². The summed E-state index contributed by atoms with van der Waals surface area (Å²) in [5, 5.41) is 12.9. The molecule has 0 saturated heterocycles. The van der Waals surface area contributed by atoms with Gasteiger partial charge in [0, 0.05) is 11.6 Å². The molecule has 0 fully saturated rings. The Morgan fingerprint density at radius 3 is 2.72 bits per heavy atom. The summed E-state index contributed by atoms with van der Waals surface area (Å²) in [7, 11) is 0. The smallest absolute Gasteiger partial charge is 0.326 e. The van der Waals surface area contributed by atoms with E-state index in [2.05, 4.69) is 15.3 Å². The molecule has 1 aromatic carbocycles. The van der Waals surface area contributed by atoms with E-state index < -0.39 is 12.0 Å². The van der Waals surface area contributed by atoms with Crippen molar-refractivity contribution in [3.8, 4) is 0 Å². The molecule has 1 aromatic heterocycles. The predicted octanol–water partition coefficient (Wildman–Crippen LogP) is 2.15. The number of nitrogens with one attached hydrogen (secondary N) is 1. The maximum absolute atomic E-state index is 11.1. The van der Waals surface area contributed by atoms with Crippen LogP contribution in [0.2, 0.25) is 0 Å². The van der Waals surface area contributed by atoms with E-state index in [0.717, 1.165) is 10.9 Å². The fraction of sp³-hybridized carbons (Fsp3) is 0.308. The van der Waals surface area contributed by atoms with Gasteiger partial charge in [-0.2, -0.15) is 0 Å². The molecule has 0 amide bonds. The highest BCUT2D eigenvalue weighted by molar-refractivity contribution is 5.80. The van der Waals surface area contributed by atoms with Crippen molar-refractivity contribution in [1.82, 2.24) is 9.97 Å². The number of carboxylic acid groups (broad SMARTS) is 1. The molecule has 0 radical (unpaired) electrons.